The number of nitrogens with zero attached hydrogens (tertiary/aromatic N) is 2. The summed E-state index contributed by atoms with van der Waals surface area (Å²) < 4.78 is 5.32. The Morgan fingerprint density at radius 1 is 1.03 bits per heavy atom. The summed E-state index contributed by atoms with van der Waals surface area (Å²) in [5.41, 5.74) is 1.77. The molecule has 0 spiro atoms. The molecule has 146 valence electrons. The van der Waals surface area contributed by atoms with Gasteiger partial charge in [0.25, 0.3) is 0 Å². The van der Waals surface area contributed by atoms with Gasteiger partial charge < -0.3 is 15.1 Å². The van der Waals surface area contributed by atoms with Gasteiger partial charge in [-0.25, -0.2) is 9.97 Å². The number of anilines is 2. The fourth-order valence-electron chi connectivity index (χ4n) is 2.90. The first-order valence-corrected chi connectivity index (χ1v) is 10.2. The Hall–Kier alpha value is -3.32. The zero-order valence-corrected chi connectivity index (χ0v) is 16.6. The third-order valence-corrected chi connectivity index (χ3v) is 5.15. The third-order valence-electron chi connectivity index (χ3n) is 4.30. The van der Waals surface area contributed by atoms with Gasteiger partial charge >= 0.3 is 0 Å². The molecule has 0 unspecified atom stereocenters. The Balaban J connectivity index is 1.49. The fraction of sp³-hybridized carbons (Fsp3) is 0.136. The van der Waals surface area contributed by atoms with Crippen LogP contribution in [0.4, 0.5) is 11.5 Å². The molecule has 2 heterocycles. The molecule has 4 rings (SSSR count). The molecule has 2 aromatic heterocycles. The van der Waals surface area contributed by atoms with E-state index in [4.69, 9.17) is 4.42 Å². The zero-order valence-electron chi connectivity index (χ0n) is 15.8. The second kappa shape index (κ2) is 8.79. The summed E-state index contributed by atoms with van der Waals surface area (Å²) in [5.74, 6) is 1.55. The number of fused-ring (bicyclic) bond motifs is 1. The van der Waals surface area contributed by atoms with E-state index in [1.54, 1.807) is 12.3 Å². The third kappa shape index (κ3) is 4.75. The number of amides is 1. The SMILES string of the molecule is C[C@@H](NC(=O)CSc1nc(Nc2ccccc2)c2ccccc2n1)c1ccco1. The molecule has 1 amide bonds. The largest absolute Gasteiger partial charge is 0.467 e. The van der Waals surface area contributed by atoms with E-state index in [0.717, 1.165) is 22.4 Å². The molecule has 0 fully saturated rings. The summed E-state index contributed by atoms with van der Waals surface area (Å²) in [5, 5.41) is 7.74. The van der Waals surface area contributed by atoms with Gasteiger partial charge in [-0.15, -0.1) is 0 Å². The van der Waals surface area contributed by atoms with Crippen molar-refractivity contribution in [2.45, 2.75) is 18.1 Å². The lowest BCUT2D eigenvalue weighted by Crippen LogP contribution is -2.28. The average molecular weight is 404 g/mol. The van der Waals surface area contributed by atoms with Gasteiger partial charge in [0.2, 0.25) is 5.91 Å². The molecule has 0 radical (unpaired) electrons. The lowest BCUT2D eigenvalue weighted by molar-refractivity contribution is -0.119. The molecule has 2 aromatic carbocycles. The van der Waals surface area contributed by atoms with Crippen LogP contribution >= 0.6 is 11.8 Å². The highest BCUT2D eigenvalue weighted by Gasteiger charge is 2.14. The first kappa shape index (κ1) is 19.0. The second-order valence-corrected chi connectivity index (χ2v) is 7.40. The van der Waals surface area contributed by atoms with Crippen molar-refractivity contribution in [3.05, 3.63) is 78.8 Å². The van der Waals surface area contributed by atoms with Gasteiger partial charge in [-0.05, 0) is 43.3 Å². The predicted octanol–water partition coefficient (Wildman–Crippen LogP) is 4.94. The lowest BCUT2D eigenvalue weighted by Gasteiger charge is -2.12. The normalized spacial score (nSPS) is 11.9. The van der Waals surface area contributed by atoms with Gasteiger partial charge in [-0.1, -0.05) is 42.1 Å². The molecule has 0 saturated heterocycles. The van der Waals surface area contributed by atoms with Crippen LogP contribution in [0.3, 0.4) is 0 Å². The van der Waals surface area contributed by atoms with Crippen LogP contribution in [0.2, 0.25) is 0 Å². The van der Waals surface area contributed by atoms with Gasteiger partial charge in [-0.3, -0.25) is 4.79 Å². The van der Waals surface area contributed by atoms with Crippen LogP contribution in [0.15, 0.2) is 82.6 Å². The van der Waals surface area contributed by atoms with Crippen molar-refractivity contribution in [2.75, 3.05) is 11.1 Å². The van der Waals surface area contributed by atoms with Gasteiger partial charge in [0.05, 0.1) is 23.6 Å². The highest BCUT2D eigenvalue weighted by atomic mass is 32.2. The Kier molecular flexibility index (Phi) is 5.76. The number of hydrogen-bond donors (Lipinski definition) is 2. The maximum atomic E-state index is 12.3. The van der Waals surface area contributed by atoms with Crippen LogP contribution in [0.1, 0.15) is 18.7 Å². The minimum Gasteiger partial charge on any atom is -0.467 e. The number of hydrogen-bond acceptors (Lipinski definition) is 6. The highest BCUT2D eigenvalue weighted by molar-refractivity contribution is 7.99. The molecule has 7 heteroatoms. The molecule has 4 aromatic rings. The Morgan fingerprint density at radius 2 is 1.83 bits per heavy atom. The Labute approximate surface area is 172 Å². The molecule has 2 N–H and O–H groups in total. The number of aromatic nitrogens is 2. The van der Waals surface area contributed by atoms with Crippen molar-refractivity contribution in [1.82, 2.24) is 15.3 Å². The summed E-state index contributed by atoms with van der Waals surface area (Å²) in [6.45, 7) is 1.88. The second-order valence-electron chi connectivity index (χ2n) is 6.46. The average Bonchev–Trinajstić information content (AvgIpc) is 3.28. The lowest BCUT2D eigenvalue weighted by atomic mass is 10.2. The van der Waals surface area contributed by atoms with Crippen molar-refractivity contribution in [1.29, 1.82) is 0 Å². The van der Waals surface area contributed by atoms with E-state index in [9.17, 15) is 4.79 Å². The van der Waals surface area contributed by atoms with Crippen molar-refractivity contribution in [3.63, 3.8) is 0 Å². The molecule has 0 aliphatic rings. The molecule has 6 nitrogen and oxygen atoms in total. The van der Waals surface area contributed by atoms with E-state index in [0.29, 0.717) is 11.0 Å². The number of nitrogens with one attached hydrogen (secondary N) is 2. The van der Waals surface area contributed by atoms with Crippen LogP contribution in [0, 0.1) is 0 Å². The number of rotatable bonds is 7. The maximum absolute atomic E-state index is 12.3. The summed E-state index contributed by atoms with van der Waals surface area (Å²) in [6, 6.07) is 21.1. The summed E-state index contributed by atoms with van der Waals surface area (Å²) >= 11 is 1.30. The first-order valence-electron chi connectivity index (χ1n) is 9.23. The number of carbonyl (C=O) groups excluding carboxylic acids is 1. The quantitative estimate of drug-likeness (QED) is 0.336. The van der Waals surface area contributed by atoms with E-state index in [2.05, 4.69) is 20.6 Å². The van der Waals surface area contributed by atoms with Gasteiger partial charge in [-0.2, -0.15) is 0 Å². The number of furan rings is 1. The number of thioether (sulfide) groups is 1. The smallest absolute Gasteiger partial charge is 0.231 e. The Bertz CT molecular complexity index is 1100. The monoisotopic (exact) mass is 404 g/mol. The minimum absolute atomic E-state index is 0.103. The summed E-state index contributed by atoms with van der Waals surface area (Å²) in [6.07, 6.45) is 1.59. The Morgan fingerprint density at radius 3 is 2.62 bits per heavy atom. The maximum Gasteiger partial charge on any atom is 0.231 e. The van der Waals surface area contributed by atoms with E-state index in [1.165, 1.54) is 11.8 Å². The zero-order chi connectivity index (χ0) is 20.1. The molecule has 29 heavy (non-hydrogen) atoms. The molecule has 0 bridgehead atoms. The minimum atomic E-state index is -0.189. The van der Waals surface area contributed by atoms with E-state index in [-0.39, 0.29) is 17.7 Å². The number of para-hydroxylation sites is 2. The number of benzene rings is 2. The van der Waals surface area contributed by atoms with Gasteiger partial charge in [0.1, 0.15) is 11.6 Å². The highest BCUT2D eigenvalue weighted by Crippen LogP contribution is 2.27. The summed E-state index contributed by atoms with van der Waals surface area (Å²) in [7, 11) is 0. The van der Waals surface area contributed by atoms with Crippen LogP contribution in [0.25, 0.3) is 10.9 Å². The van der Waals surface area contributed by atoms with E-state index < -0.39 is 0 Å². The molecular formula is C22H20N4O2S. The van der Waals surface area contributed by atoms with Crippen molar-refractivity contribution in [3.8, 4) is 0 Å². The van der Waals surface area contributed by atoms with Crippen LogP contribution < -0.4 is 10.6 Å². The van der Waals surface area contributed by atoms with E-state index in [1.807, 2.05) is 67.6 Å². The molecule has 0 aliphatic carbocycles. The predicted molar refractivity (Wildman–Crippen MR) is 115 cm³/mol. The summed E-state index contributed by atoms with van der Waals surface area (Å²) in [4.78, 5) is 21.5. The molecule has 0 aliphatic heterocycles. The van der Waals surface area contributed by atoms with Gasteiger partial charge in [0, 0.05) is 11.1 Å². The molecule has 1 atom stereocenters. The molecule has 0 saturated carbocycles. The van der Waals surface area contributed by atoms with E-state index >= 15 is 0 Å². The first-order chi connectivity index (χ1) is 14.2. The van der Waals surface area contributed by atoms with Crippen molar-refractivity contribution in [2.24, 2.45) is 0 Å². The van der Waals surface area contributed by atoms with Gasteiger partial charge in [0.15, 0.2) is 5.16 Å². The molecular weight excluding hydrogens is 384 g/mol. The van der Waals surface area contributed by atoms with Crippen molar-refractivity contribution >= 4 is 40.1 Å². The van der Waals surface area contributed by atoms with Crippen LogP contribution in [-0.2, 0) is 4.79 Å². The fourth-order valence-corrected chi connectivity index (χ4v) is 3.56. The number of carbonyl (C=O) groups is 1. The standard InChI is InChI=1S/C22H20N4O2S/c1-15(19-12-7-13-28-19)23-20(27)14-29-22-25-18-11-6-5-10-17(18)21(26-22)24-16-8-3-2-4-9-16/h2-13,15H,14H2,1H3,(H,23,27)(H,24,25,26)/t15-/m1/s1. The topological polar surface area (TPSA) is 80.0 Å². The van der Waals surface area contributed by atoms with Crippen LogP contribution in [-0.4, -0.2) is 21.6 Å². The van der Waals surface area contributed by atoms with Crippen molar-refractivity contribution < 1.29 is 9.21 Å². The van der Waals surface area contributed by atoms with Crippen LogP contribution in [0.5, 0.6) is 0 Å².